The van der Waals surface area contributed by atoms with Crippen LogP contribution in [0.1, 0.15) is 12.7 Å². The van der Waals surface area contributed by atoms with Crippen LogP contribution in [0.4, 0.5) is 0 Å². The quantitative estimate of drug-likeness (QED) is 0.735. The zero-order valence-corrected chi connectivity index (χ0v) is 13.2. The Balaban J connectivity index is 2.33. The lowest BCUT2D eigenvalue weighted by atomic mass is 10.2. The maximum atomic E-state index is 12.7. The van der Waals surface area contributed by atoms with E-state index in [1.165, 1.54) is 10.5 Å². The predicted molar refractivity (Wildman–Crippen MR) is 75.1 cm³/mol. The summed E-state index contributed by atoms with van der Waals surface area (Å²) >= 11 is 0. The Morgan fingerprint density at radius 2 is 2.29 bits per heavy atom. The largest absolute Gasteiger partial charge is 0.465 e. The van der Waals surface area contributed by atoms with Gasteiger partial charge in [0.25, 0.3) is 10.0 Å². The normalized spacial score (nSPS) is 20.4. The molecule has 0 saturated carbocycles. The highest BCUT2D eigenvalue weighted by Crippen LogP contribution is 2.19. The van der Waals surface area contributed by atoms with Crippen LogP contribution in [0.3, 0.4) is 0 Å². The number of esters is 1. The van der Waals surface area contributed by atoms with Crippen molar-refractivity contribution in [3.8, 4) is 0 Å². The minimum absolute atomic E-state index is 0.0429. The fourth-order valence-electron chi connectivity index (χ4n) is 2.18. The van der Waals surface area contributed by atoms with Crippen LogP contribution >= 0.6 is 0 Å². The predicted octanol–water partition coefficient (Wildman–Crippen LogP) is -0.746. The molecule has 2 rings (SSSR count). The lowest BCUT2D eigenvalue weighted by molar-refractivity contribution is -0.148. The molecule has 0 aliphatic carbocycles. The van der Waals surface area contributed by atoms with Crippen LogP contribution in [0.5, 0.6) is 0 Å². The van der Waals surface area contributed by atoms with Gasteiger partial charge in [0, 0.05) is 32.9 Å². The molecule has 118 valence electrons. The first-order valence-electron chi connectivity index (χ1n) is 6.77. The molecule has 1 aromatic heterocycles. The smallest absolute Gasteiger partial charge is 0.325 e. The minimum atomic E-state index is -3.82. The molecule has 1 saturated heterocycles. The number of piperazine rings is 1. The molecule has 1 atom stereocenters. The summed E-state index contributed by atoms with van der Waals surface area (Å²) in [4.78, 5) is 16.0. The third-order valence-corrected chi connectivity index (χ3v) is 5.19. The van der Waals surface area contributed by atoms with E-state index in [4.69, 9.17) is 4.74 Å². The molecule has 0 radical (unpaired) electrons. The molecule has 1 fully saturated rings. The average molecular weight is 316 g/mol. The number of aromatic nitrogens is 2. The van der Waals surface area contributed by atoms with Crippen LogP contribution in [0.25, 0.3) is 0 Å². The van der Waals surface area contributed by atoms with Crippen molar-refractivity contribution in [2.24, 2.45) is 7.05 Å². The van der Waals surface area contributed by atoms with E-state index in [0.29, 0.717) is 12.4 Å². The molecular formula is C12H20N4O4S. The van der Waals surface area contributed by atoms with Crippen molar-refractivity contribution in [1.29, 1.82) is 0 Å². The molecule has 1 unspecified atom stereocenters. The summed E-state index contributed by atoms with van der Waals surface area (Å²) in [5.41, 5.74) is 0. The van der Waals surface area contributed by atoms with Crippen LogP contribution in [0.2, 0.25) is 0 Å². The molecule has 1 N–H and O–H groups in total. The third kappa shape index (κ3) is 3.09. The summed E-state index contributed by atoms with van der Waals surface area (Å²) in [5.74, 6) is 0.0531. The summed E-state index contributed by atoms with van der Waals surface area (Å²) in [6.45, 7) is 4.56. The molecule has 21 heavy (non-hydrogen) atoms. The van der Waals surface area contributed by atoms with Gasteiger partial charge >= 0.3 is 5.97 Å². The SMILES string of the molecule is CCOC(=O)C1CNCCN1S(=O)(=O)c1cn(C)c(C)n1. The number of nitrogens with one attached hydrogen (secondary N) is 1. The Hall–Kier alpha value is -1.45. The van der Waals surface area contributed by atoms with E-state index in [0.717, 1.165) is 0 Å². The number of imidazole rings is 1. The van der Waals surface area contributed by atoms with Gasteiger partial charge in [-0.1, -0.05) is 0 Å². The Bertz CT molecular complexity index is 606. The van der Waals surface area contributed by atoms with E-state index in [9.17, 15) is 13.2 Å². The molecule has 2 heterocycles. The van der Waals surface area contributed by atoms with E-state index in [2.05, 4.69) is 10.3 Å². The summed E-state index contributed by atoms with van der Waals surface area (Å²) in [6.07, 6.45) is 1.45. The number of sulfonamides is 1. The highest BCUT2D eigenvalue weighted by molar-refractivity contribution is 7.89. The van der Waals surface area contributed by atoms with Crippen molar-refractivity contribution >= 4 is 16.0 Å². The Morgan fingerprint density at radius 1 is 1.57 bits per heavy atom. The monoisotopic (exact) mass is 316 g/mol. The molecule has 9 heteroatoms. The second kappa shape index (κ2) is 6.12. The first kappa shape index (κ1) is 15.9. The van der Waals surface area contributed by atoms with Crippen molar-refractivity contribution in [3.05, 3.63) is 12.0 Å². The average Bonchev–Trinajstić information content (AvgIpc) is 2.80. The molecule has 1 aliphatic rings. The van der Waals surface area contributed by atoms with Crippen molar-refractivity contribution in [2.75, 3.05) is 26.2 Å². The van der Waals surface area contributed by atoms with Crippen molar-refractivity contribution < 1.29 is 17.9 Å². The van der Waals surface area contributed by atoms with Gasteiger partial charge in [0.15, 0.2) is 5.03 Å². The summed E-state index contributed by atoms with van der Waals surface area (Å²) in [5, 5.41) is 2.97. The second-order valence-corrected chi connectivity index (χ2v) is 6.66. The van der Waals surface area contributed by atoms with Crippen molar-refractivity contribution in [1.82, 2.24) is 19.2 Å². The molecule has 0 aromatic carbocycles. The lowest BCUT2D eigenvalue weighted by Crippen LogP contribution is -2.57. The first-order chi connectivity index (χ1) is 9.87. The van der Waals surface area contributed by atoms with Gasteiger partial charge in [0.2, 0.25) is 0 Å². The van der Waals surface area contributed by atoms with Gasteiger partial charge in [-0.3, -0.25) is 4.79 Å². The first-order valence-corrected chi connectivity index (χ1v) is 8.21. The molecule has 8 nitrogen and oxygen atoms in total. The zero-order chi connectivity index (χ0) is 15.6. The van der Waals surface area contributed by atoms with Gasteiger partial charge in [0.05, 0.1) is 6.61 Å². The van der Waals surface area contributed by atoms with Crippen LogP contribution in [0, 0.1) is 6.92 Å². The number of carbonyl (C=O) groups is 1. The molecular weight excluding hydrogens is 296 g/mol. The van der Waals surface area contributed by atoms with Gasteiger partial charge < -0.3 is 14.6 Å². The fourth-order valence-corrected chi connectivity index (χ4v) is 3.79. The molecule has 0 amide bonds. The maximum absolute atomic E-state index is 12.7. The van der Waals surface area contributed by atoms with Gasteiger partial charge in [-0.15, -0.1) is 0 Å². The van der Waals surface area contributed by atoms with Gasteiger partial charge in [0.1, 0.15) is 11.9 Å². The number of rotatable bonds is 4. The van der Waals surface area contributed by atoms with Crippen LogP contribution in [-0.2, 0) is 26.6 Å². The molecule has 0 bridgehead atoms. The van der Waals surface area contributed by atoms with Crippen molar-refractivity contribution in [2.45, 2.75) is 24.9 Å². The maximum Gasteiger partial charge on any atom is 0.325 e. The fraction of sp³-hybridized carbons (Fsp3) is 0.667. The van der Waals surface area contributed by atoms with Gasteiger partial charge in [-0.05, 0) is 13.8 Å². The number of hydrogen-bond donors (Lipinski definition) is 1. The van der Waals surface area contributed by atoms with Gasteiger partial charge in [-0.25, -0.2) is 13.4 Å². The molecule has 1 aliphatic heterocycles. The number of hydrogen-bond acceptors (Lipinski definition) is 6. The van der Waals surface area contributed by atoms with Crippen LogP contribution in [-0.4, -0.2) is 60.5 Å². The highest BCUT2D eigenvalue weighted by Gasteiger charge is 2.39. The Morgan fingerprint density at radius 3 is 2.86 bits per heavy atom. The Kier molecular flexibility index (Phi) is 4.64. The van der Waals surface area contributed by atoms with Crippen LogP contribution < -0.4 is 5.32 Å². The van der Waals surface area contributed by atoms with Crippen LogP contribution in [0.15, 0.2) is 11.2 Å². The lowest BCUT2D eigenvalue weighted by Gasteiger charge is -2.32. The van der Waals surface area contributed by atoms with Gasteiger partial charge in [-0.2, -0.15) is 4.31 Å². The molecule has 0 spiro atoms. The number of ether oxygens (including phenoxy) is 1. The molecule has 1 aromatic rings. The van der Waals surface area contributed by atoms with E-state index in [1.54, 1.807) is 25.5 Å². The van der Waals surface area contributed by atoms with Crippen molar-refractivity contribution in [3.63, 3.8) is 0 Å². The Labute approximate surface area is 124 Å². The van der Waals surface area contributed by atoms with E-state index < -0.39 is 22.0 Å². The number of aryl methyl sites for hydroxylation is 2. The summed E-state index contributed by atoms with van der Waals surface area (Å²) in [6, 6.07) is -0.856. The number of nitrogens with zero attached hydrogens (tertiary/aromatic N) is 3. The standard InChI is InChI=1S/C12H20N4O4S/c1-4-20-12(17)10-7-13-5-6-16(10)21(18,19)11-8-15(3)9(2)14-11/h8,10,13H,4-7H2,1-3H3. The van der Waals surface area contributed by atoms with E-state index >= 15 is 0 Å². The summed E-state index contributed by atoms with van der Waals surface area (Å²) < 4.78 is 33.1. The third-order valence-electron chi connectivity index (χ3n) is 3.41. The summed E-state index contributed by atoms with van der Waals surface area (Å²) in [7, 11) is -2.09. The van der Waals surface area contributed by atoms with E-state index in [-0.39, 0.29) is 24.7 Å². The van der Waals surface area contributed by atoms with E-state index in [1.807, 2.05) is 0 Å². The highest BCUT2D eigenvalue weighted by atomic mass is 32.2. The zero-order valence-electron chi connectivity index (χ0n) is 12.4. The second-order valence-electron chi connectivity index (χ2n) is 4.82. The minimum Gasteiger partial charge on any atom is -0.465 e. The topological polar surface area (TPSA) is 93.5 Å². The number of carbonyl (C=O) groups excluding carboxylic acids is 1.